The Kier molecular flexibility index (Phi) is 4.34. The van der Waals surface area contributed by atoms with Crippen LogP contribution in [-0.2, 0) is 0 Å². The van der Waals surface area contributed by atoms with Gasteiger partial charge in [0.05, 0.1) is 0 Å². The number of hydrogen-bond donors (Lipinski definition) is 2. The van der Waals surface area contributed by atoms with Gasteiger partial charge in [-0.3, -0.25) is 10.1 Å². The highest BCUT2D eigenvalue weighted by Crippen LogP contribution is 2.13. The lowest BCUT2D eigenvalue weighted by Gasteiger charge is -2.07. The summed E-state index contributed by atoms with van der Waals surface area (Å²) in [6.45, 7) is 0. The third kappa shape index (κ3) is 3.58. The molecule has 0 unspecified atom stereocenters. The van der Waals surface area contributed by atoms with E-state index in [9.17, 15) is 9.59 Å². The highest BCUT2D eigenvalue weighted by atomic mass is 16.6. The van der Waals surface area contributed by atoms with Crippen LogP contribution in [0.25, 0.3) is 0 Å². The van der Waals surface area contributed by atoms with Crippen molar-refractivity contribution in [2.45, 2.75) is 0 Å². The molecule has 0 saturated heterocycles. The van der Waals surface area contributed by atoms with Gasteiger partial charge in [0.15, 0.2) is 0 Å². The van der Waals surface area contributed by atoms with Crippen LogP contribution in [0.1, 0.15) is 10.4 Å². The van der Waals surface area contributed by atoms with Gasteiger partial charge in [-0.2, -0.15) is 0 Å². The highest BCUT2D eigenvalue weighted by molar-refractivity contribution is 5.96. The molecule has 2 N–H and O–H groups in total. The highest BCUT2D eigenvalue weighted by Gasteiger charge is 2.07. The number of carbonyl (C=O) groups excluding carboxylic acids is 2. The number of nitrogens with one attached hydrogen (secondary N) is 2. The van der Waals surface area contributed by atoms with Crippen molar-refractivity contribution in [3.8, 4) is 5.75 Å². The minimum Gasteiger partial charge on any atom is -0.410 e. The first-order valence-corrected chi connectivity index (χ1v) is 6.05. The Balaban J connectivity index is 2.03. The third-order valence-corrected chi connectivity index (χ3v) is 2.55. The minimum atomic E-state index is -0.606. The molecule has 2 aromatic carbocycles. The molecule has 5 nitrogen and oxygen atoms in total. The Bertz CT molecular complexity index is 612. The summed E-state index contributed by atoms with van der Waals surface area (Å²) in [7, 11) is 1.55. The van der Waals surface area contributed by atoms with Gasteiger partial charge < -0.3 is 10.1 Å². The lowest BCUT2D eigenvalue weighted by molar-refractivity contribution is 0.0963. The Morgan fingerprint density at radius 1 is 1.00 bits per heavy atom. The molecule has 0 aromatic heterocycles. The second-order valence-corrected chi connectivity index (χ2v) is 3.99. The van der Waals surface area contributed by atoms with E-state index >= 15 is 0 Å². The fraction of sp³-hybridized carbons (Fsp3) is 0.0667. The monoisotopic (exact) mass is 270 g/mol. The molecule has 0 spiro atoms. The van der Waals surface area contributed by atoms with E-state index < -0.39 is 6.09 Å². The smallest absolute Gasteiger partial charge is 0.410 e. The van der Waals surface area contributed by atoms with Crippen molar-refractivity contribution in [1.82, 2.24) is 5.32 Å². The van der Waals surface area contributed by atoms with E-state index in [2.05, 4.69) is 10.6 Å². The van der Waals surface area contributed by atoms with Gasteiger partial charge in [0, 0.05) is 18.3 Å². The average Bonchev–Trinajstić information content (AvgIpc) is 2.47. The van der Waals surface area contributed by atoms with Crippen LogP contribution in [0.5, 0.6) is 5.75 Å². The molecule has 0 saturated carbocycles. The number of rotatable bonds is 3. The van der Waals surface area contributed by atoms with Gasteiger partial charge in [-0.05, 0) is 30.3 Å². The first-order chi connectivity index (χ1) is 9.69. The molecule has 0 bridgehead atoms. The van der Waals surface area contributed by atoms with Crippen molar-refractivity contribution < 1.29 is 14.3 Å². The lowest BCUT2D eigenvalue weighted by Crippen LogP contribution is -2.19. The van der Waals surface area contributed by atoms with Gasteiger partial charge in [0.2, 0.25) is 0 Å². The third-order valence-electron chi connectivity index (χ3n) is 2.55. The number of benzene rings is 2. The molecule has 20 heavy (non-hydrogen) atoms. The van der Waals surface area contributed by atoms with E-state index in [0.29, 0.717) is 17.0 Å². The van der Waals surface area contributed by atoms with E-state index in [-0.39, 0.29) is 5.91 Å². The van der Waals surface area contributed by atoms with Crippen LogP contribution in [-0.4, -0.2) is 19.0 Å². The molecule has 0 radical (unpaired) electrons. The molecule has 5 heteroatoms. The Morgan fingerprint density at radius 2 is 1.75 bits per heavy atom. The summed E-state index contributed by atoms with van der Waals surface area (Å²) in [5.74, 6) is 0.234. The van der Waals surface area contributed by atoms with Crippen LogP contribution in [0.15, 0.2) is 54.6 Å². The largest absolute Gasteiger partial charge is 0.417 e. The molecule has 0 atom stereocenters. The van der Waals surface area contributed by atoms with E-state index in [0.717, 1.165) is 0 Å². The molecule has 0 aliphatic rings. The average molecular weight is 270 g/mol. The van der Waals surface area contributed by atoms with E-state index in [1.807, 2.05) is 6.07 Å². The fourth-order valence-corrected chi connectivity index (χ4v) is 1.62. The summed E-state index contributed by atoms with van der Waals surface area (Å²) < 4.78 is 5.09. The van der Waals surface area contributed by atoms with Crippen LogP contribution in [0.2, 0.25) is 0 Å². The number of carbonyl (C=O) groups is 2. The Labute approximate surface area is 116 Å². The quantitative estimate of drug-likeness (QED) is 0.901. The van der Waals surface area contributed by atoms with Crippen LogP contribution in [0.3, 0.4) is 0 Å². The van der Waals surface area contributed by atoms with Gasteiger partial charge in [-0.1, -0.05) is 24.3 Å². The van der Waals surface area contributed by atoms with Gasteiger partial charge in [0.1, 0.15) is 5.75 Å². The van der Waals surface area contributed by atoms with Crippen molar-refractivity contribution in [3.63, 3.8) is 0 Å². The summed E-state index contributed by atoms with van der Waals surface area (Å²) in [4.78, 5) is 23.2. The normalized spacial score (nSPS) is 9.65. The van der Waals surface area contributed by atoms with Crippen LogP contribution >= 0.6 is 0 Å². The van der Waals surface area contributed by atoms with Gasteiger partial charge in [0.25, 0.3) is 5.91 Å². The summed E-state index contributed by atoms with van der Waals surface area (Å²) in [6.07, 6.45) is -0.606. The molecule has 102 valence electrons. The number of amides is 2. The predicted octanol–water partition coefficient (Wildman–Crippen LogP) is 2.66. The zero-order valence-corrected chi connectivity index (χ0v) is 10.9. The zero-order chi connectivity index (χ0) is 14.4. The van der Waals surface area contributed by atoms with Gasteiger partial charge in [-0.25, -0.2) is 4.79 Å². The number of para-hydroxylation sites is 1. The van der Waals surface area contributed by atoms with Gasteiger partial charge >= 0.3 is 6.09 Å². The van der Waals surface area contributed by atoms with Gasteiger partial charge in [-0.15, -0.1) is 0 Å². The van der Waals surface area contributed by atoms with Crippen LogP contribution in [0, 0.1) is 0 Å². The summed E-state index contributed by atoms with van der Waals surface area (Å²) >= 11 is 0. The standard InChI is InChI=1S/C15H14N2O3/c1-16-14(18)11-6-5-7-12(10-11)17-15(19)20-13-8-3-2-4-9-13/h2-10H,1H3,(H,16,18)(H,17,19). The Morgan fingerprint density at radius 3 is 2.45 bits per heavy atom. The maximum absolute atomic E-state index is 11.7. The van der Waals surface area contributed by atoms with E-state index in [4.69, 9.17) is 4.74 Å². The molecular formula is C15H14N2O3. The minimum absolute atomic E-state index is 0.218. The first kappa shape index (κ1) is 13.6. The SMILES string of the molecule is CNC(=O)c1cccc(NC(=O)Oc2ccccc2)c1. The molecule has 0 aliphatic carbocycles. The summed E-state index contributed by atoms with van der Waals surface area (Å²) in [5, 5.41) is 5.09. The molecule has 0 heterocycles. The van der Waals surface area contributed by atoms with E-state index in [1.54, 1.807) is 55.6 Å². The molecular weight excluding hydrogens is 256 g/mol. The molecule has 2 amide bonds. The second kappa shape index (κ2) is 6.38. The molecule has 2 aromatic rings. The number of anilines is 1. The maximum Gasteiger partial charge on any atom is 0.417 e. The first-order valence-electron chi connectivity index (χ1n) is 6.05. The Hall–Kier alpha value is -2.82. The summed E-state index contributed by atoms with van der Waals surface area (Å²) in [5.41, 5.74) is 0.956. The van der Waals surface area contributed by atoms with Crippen molar-refractivity contribution in [2.24, 2.45) is 0 Å². The van der Waals surface area contributed by atoms with Crippen molar-refractivity contribution in [3.05, 3.63) is 60.2 Å². The van der Waals surface area contributed by atoms with Crippen molar-refractivity contribution in [2.75, 3.05) is 12.4 Å². The topological polar surface area (TPSA) is 67.4 Å². The van der Waals surface area contributed by atoms with Crippen LogP contribution in [0.4, 0.5) is 10.5 Å². The second-order valence-electron chi connectivity index (χ2n) is 3.99. The number of hydrogen-bond acceptors (Lipinski definition) is 3. The molecule has 0 fully saturated rings. The summed E-state index contributed by atoms with van der Waals surface area (Å²) in [6, 6.07) is 15.3. The van der Waals surface area contributed by atoms with Crippen LogP contribution < -0.4 is 15.4 Å². The van der Waals surface area contributed by atoms with Crippen molar-refractivity contribution >= 4 is 17.7 Å². The fourth-order valence-electron chi connectivity index (χ4n) is 1.62. The molecule has 2 rings (SSSR count). The molecule has 0 aliphatic heterocycles. The predicted molar refractivity (Wildman–Crippen MR) is 75.9 cm³/mol. The zero-order valence-electron chi connectivity index (χ0n) is 10.9. The maximum atomic E-state index is 11.7. The van der Waals surface area contributed by atoms with E-state index in [1.165, 1.54) is 0 Å². The van der Waals surface area contributed by atoms with Crippen molar-refractivity contribution in [1.29, 1.82) is 0 Å². The lowest BCUT2D eigenvalue weighted by atomic mass is 10.2. The number of ether oxygens (including phenoxy) is 1.